The van der Waals surface area contributed by atoms with Crippen LogP contribution in [-0.4, -0.2) is 35.2 Å². The van der Waals surface area contributed by atoms with Crippen LogP contribution in [0, 0.1) is 5.82 Å². The van der Waals surface area contributed by atoms with Gasteiger partial charge in [-0.05, 0) is 42.0 Å². The summed E-state index contributed by atoms with van der Waals surface area (Å²) >= 11 is 0. The first kappa shape index (κ1) is 18.5. The lowest BCUT2D eigenvalue weighted by molar-refractivity contribution is 0.520. The van der Waals surface area contributed by atoms with E-state index in [0.717, 1.165) is 16.4 Å². The van der Waals surface area contributed by atoms with E-state index < -0.39 is 25.9 Å². The average molecular weight is 372 g/mol. The second-order valence-electron chi connectivity index (χ2n) is 5.21. The zero-order valence-corrected chi connectivity index (χ0v) is 14.7. The van der Waals surface area contributed by atoms with Crippen molar-refractivity contribution in [1.82, 2.24) is 9.03 Å². The molecule has 0 radical (unpaired) electrons. The quantitative estimate of drug-likeness (QED) is 0.834. The first-order chi connectivity index (χ1) is 11.1. The smallest absolute Gasteiger partial charge is 0.207 e. The summed E-state index contributed by atoms with van der Waals surface area (Å²) in [6.45, 7) is -0.0119. The van der Waals surface area contributed by atoms with Crippen LogP contribution < -0.4 is 4.72 Å². The van der Waals surface area contributed by atoms with Crippen LogP contribution in [0.1, 0.15) is 5.56 Å². The molecule has 2 rings (SSSR count). The monoisotopic (exact) mass is 372 g/mol. The third-order valence-electron chi connectivity index (χ3n) is 3.29. The predicted octanol–water partition coefficient (Wildman–Crippen LogP) is 1.55. The first-order valence-electron chi connectivity index (χ1n) is 6.89. The largest absolute Gasteiger partial charge is 0.242 e. The van der Waals surface area contributed by atoms with Crippen LogP contribution in [0.2, 0.25) is 0 Å². The van der Waals surface area contributed by atoms with Crippen LogP contribution in [0.15, 0.2) is 58.3 Å². The van der Waals surface area contributed by atoms with Crippen molar-refractivity contribution in [3.63, 3.8) is 0 Å². The Morgan fingerprint density at radius 1 is 0.875 bits per heavy atom. The Bertz CT molecular complexity index is 907. The van der Waals surface area contributed by atoms with Gasteiger partial charge in [-0.2, -0.15) is 0 Å². The van der Waals surface area contributed by atoms with E-state index in [1.165, 1.54) is 50.5 Å². The SMILES string of the molecule is CN(C)S(=O)(=O)c1ccc(CNS(=O)(=O)c2ccc(F)cc2)cc1. The summed E-state index contributed by atoms with van der Waals surface area (Å²) in [5.41, 5.74) is 0.596. The number of nitrogens with zero attached hydrogens (tertiary/aromatic N) is 1. The Kier molecular flexibility index (Phi) is 5.38. The fraction of sp³-hybridized carbons (Fsp3) is 0.200. The standard InChI is InChI=1S/C15H17FN2O4S2/c1-18(2)24(21,22)15-7-3-12(4-8-15)11-17-23(19,20)14-9-5-13(16)6-10-14/h3-10,17H,11H2,1-2H3. The molecule has 0 fully saturated rings. The molecule has 0 saturated carbocycles. The molecule has 2 aromatic carbocycles. The van der Waals surface area contributed by atoms with Crippen molar-refractivity contribution in [1.29, 1.82) is 0 Å². The summed E-state index contributed by atoms with van der Waals surface area (Å²) in [5, 5.41) is 0. The molecule has 0 unspecified atom stereocenters. The molecule has 0 atom stereocenters. The summed E-state index contributed by atoms with van der Waals surface area (Å²) in [6.07, 6.45) is 0. The fourth-order valence-electron chi connectivity index (χ4n) is 1.87. The van der Waals surface area contributed by atoms with Gasteiger partial charge in [-0.15, -0.1) is 0 Å². The number of hydrogen-bond donors (Lipinski definition) is 1. The van der Waals surface area contributed by atoms with Crippen molar-refractivity contribution >= 4 is 20.0 Å². The van der Waals surface area contributed by atoms with E-state index in [-0.39, 0.29) is 16.3 Å². The Labute approximate surface area is 141 Å². The molecule has 0 aromatic heterocycles. The summed E-state index contributed by atoms with van der Waals surface area (Å²) in [5.74, 6) is -0.522. The Morgan fingerprint density at radius 3 is 1.88 bits per heavy atom. The lowest BCUT2D eigenvalue weighted by Crippen LogP contribution is -2.24. The second-order valence-corrected chi connectivity index (χ2v) is 9.13. The molecular formula is C15H17FN2O4S2. The molecule has 24 heavy (non-hydrogen) atoms. The minimum absolute atomic E-state index is 0.0119. The summed E-state index contributed by atoms with van der Waals surface area (Å²) in [7, 11) is -4.43. The molecule has 0 heterocycles. The van der Waals surface area contributed by atoms with Gasteiger partial charge in [0.2, 0.25) is 20.0 Å². The van der Waals surface area contributed by atoms with Crippen LogP contribution in [-0.2, 0) is 26.6 Å². The van der Waals surface area contributed by atoms with E-state index in [1.54, 1.807) is 0 Å². The molecule has 1 N–H and O–H groups in total. The van der Waals surface area contributed by atoms with Gasteiger partial charge in [0.1, 0.15) is 5.82 Å². The van der Waals surface area contributed by atoms with E-state index in [2.05, 4.69) is 4.72 Å². The van der Waals surface area contributed by atoms with Crippen molar-refractivity contribution in [3.05, 3.63) is 59.9 Å². The molecule has 0 amide bonds. The van der Waals surface area contributed by atoms with Crippen LogP contribution in [0.25, 0.3) is 0 Å². The van der Waals surface area contributed by atoms with Gasteiger partial charge in [0.25, 0.3) is 0 Å². The summed E-state index contributed by atoms with van der Waals surface area (Å²) < 4.78 is 64.4. The van der Waals surface area contributed by atoms with Gasteiger partial charge < -0.3 is 0 Å². The third kappa shape index (κ3) is 4.18. The Morgan fingerprint density at radius 2 is 1.38 bits per heavy atom. The lowest BCUT2D eigenvalue weighted by Gasteiger charge is -2.12. The maximum absolute atomic E-state index is 12.8. The number of benzene rings is 2. The molecule has 0 aliphatic heterocycles. The van der Waals surface area contributed by atoms with Crippen LogP contribution in [0.4, 0.5) is 4.39 Å². The molecule has 130 valence electrons. The van der Waals surface area contributed by atoms with Gasteiger partial charge in [0.05, 0.1) is 9.79 Å². The third-order valence-corrected chi connectivity index (χ3v) is 6.54. The Hall–Kier alpha value is -1.81. The highest BCUT2D eigenvalue weighted by atomic mass is 32.2. The highest BCUT2D eigenvalue weighted by Crippen LogP contribution is 2.15. The second kappa shape index (κ2) is 6.98. The zero-order valence-electron chi connectivity index (χ0n) is 13.1. The highest BCUT2D eigenvalue weighted by Gasteiger charge is 2.17. The van der Waals surface area contributed by atoms with Crippen LogP contribution in [0.3, 0.4) is 0 Å². The number of sulfonamides is 2. The fourth-order valence-corrected chi connectivity index (χ4v) is 3.78. The predicted molar refractivity (Wildman–Crippen MR) is 87.7 cm³/mol. The highest BCUT2D eigenvalue weighted by molar-refractivity contribution is 7.89. The molecule has 0 saturated heterocycles. The van der Waals surface area contributed by atoms with Crippen molar-refractivity contribution < 1.29 is 21.2 Å². The summed E-state index contributed by atoms with van der Waals surface area (Å²) in [4.78, 5) is 0.0772. The van der Waals surface area contributed by atoms with Gasteiger partial charge in [-0.3, -0.25) is 0 Å². The molecule has 2 aromatic rings. The number of halogens is 1. The molecular weight excluding hydrogens is 355 g/mol. The van der Waals surface area contributed by atoms with Gasteiger partial charge >= 0.3 is 0 Å². The first-order valence-corrected chi connectivity index (χ1v) is 9.82. The van der Waals surface area contributed by atoms with Gasteiger partial charge in [0.15, 0.2) is 0 Å². The average Bonchev–Trinajstić information content (AvgIpc) is 2.53. The van der Waals surface area contributed by atoms with Crippen LogP contribution >= 0.6 is 0 Å². The lowest BCUT2D eigenvalue weighted by atomic mass is 10.2. The van der Waals surface area contributed by atoms with Crippen LogP contribution in [0.5, 0.6) is 0 Å². The van der Waals surface area contributed by atoms with E-state index in [9.17, 15) is 21.2 Å². The summed E-state index contributed by atoms with van der Waals surface area (Å²) in [6, 6.07) is 10.4. The Balaban J connectivity index is 2.11. The number of hydrogen-bond acceptors (Lipinski definition) is 4. The van der Waals surface area contributed by atoms with E-state index in [1.807, 2.05) is 0 Å². The zero-order chi connectivity index (χ0) is 18.0. The molecule has 6 nitrogen and oxygen atoms in total. The van der Waals surface area contributed by atoms with Crippen molar-refractivity contribution in [2.24, 2.45) is 0 Å². The molecule has 0 bridgehead atoms. The number of nitrogens with one attached hydrogen (secondary N) is 1. The van der Waals surface area contributed by atoms with Crippen molar-refractivity contribution in [3.8, 4) is 0 Å². The van der Waals surface area contributed by atoms with Gasteiger partial charge in [-0.25, -0.2) is 30.3 Å². The van der Waals surface area contributed by atoms with E-state index >= 15 is 0 Å². The molecule has 9 heteroatoms. The van der Waals surface area contributed by atoms with E-state index in [0.29, 0.717) is 5.56 Å². The van der Waals surface area contributed by atoms with Crippen molar-refractivity contribution in [2.75, 3.05) is 14.1 Å². The van der Waals surface area contributed by atoms with Crippen molar-refractivity contribution in [2.45, 2.75) is 16.3 Å². The molecule has 0 aliphatic carbocycles. The minimum Gasteiger partial charge on any atom is -0.207 e. The van der Waals surface area contributed by atoms with Gasteiger partial charge in [0, 0.05) is 20.6 Å². The molecule has 0 spiro atoms. The van der Waals surface area contributed by atoms with Gasteiger partial charge in [-0.1, -0.05) is 12.1 Å². The topological polar surface area (TPSA) is 83.6 Å². The minimum atomic E-state index is -3.77. The maximum atomic E-state index is 12.8. The normalized spacial score (nSPS) is 12.5. The van der Waals surface area contributed by atoms with E-state index in [4.69, 9.17) is 0 Å². The molecule has 0 aliphatic rings. The maximum Gasteiger partial charge on any atom is 0.242 e. The number of rotatable bonds is 6.